The van der Waals surface area contributed by atoms with Crippen LogP contribution in [-0.2, 0) is 4.79 Å². The largest absolute Gasteiger partial charge is 0.322 e. The molecule has 2 aromatic rings. The number of carbonyl (C=O) groups is 2. The van der Waals surface area contributed by atoms with Crippen LogP contribution in [0.1, 0.15) is 29.6 Å². The van der Waals surface area contributed by atoms with Crippen LogP contribution in [0.15, 0.2) is 46.9 Å². The Bertz CT molecular complexity index is 794. The number of rotatable bonds is 3. The summed E-state index contributed by atoms with van der Waals surface area (Å²) in [5, 5.41) is 3.23. The number of nitrogens with one attached hydrogen (secondary N) is 1. The maximum absolute atomic E-state index is 12.4. The molecule has 0 aromatic heterocycles. The molecule has 3 rings (SSSR count). The predicted octanol–water partition coefficient (Wildman–Crippen LogP) is 4.87. The van der Waals surface area contributed by atoms with Crippen molar-refractivity contribution in [3.63, 3.8) is 0 Å². The van der Waals surface area contributed by atoms with Gasteiger partial charge in [-0.15, -0.1) is 0 Å². The van der Waals surface area contributed by atoms with Crippen molar-refractivity contribution in [1.82, 2.24) is 0 Å². The van der Waals surface area contributed by atoms with E-state index >= 15 is 0 Å². The summed E-state index contributed by atoms with van der Waals surface area (Å²) in [6.07, 6.45) is 2.51. The molecule has 4 nitrogen and oxygen atoms in total. The highest BCUT2D eigenvalue weighted by Gasteiger charge is 2.20. The third kappa shape index (κ3) is 3.79. The molecule has 124 valence electrons. The van der Waals surface area contributed by atoms with Gasteiger partial charge < -0.3 is 10.2 Å². The van der Waals surface area contributed by atoms with Gasteiger partial charge in [0.2, 0.25) is 5.91 Å². The molecule has 1 aliphatic rings. The Balaban J connectivity index is 1.80. The van der Waals surface area contributed by atoms with Crippen molar-refractivity contribution in [2.75, 3.05) is 16.8 Å². The Kier molecular flexibility index (Phi) is 5.21. The highest BCUT2D eigenvalue weighted by atomic mass is 79.9. The second-order valence-corrected chi connectivity index (χ2v) is 6.95. The highest BCUT2D eigenvalue weighted by molar-refractivity contribution is 9.10. The molecule has 24 heavy (non-hydrogen) atoms. The Morgan fingerprint density at radius 2 is 2.00 bits per heavy atom. The molecule has 6 heteroatoms. The second kappa shape index (κ2) is 7.36. The fourth-order valence-corrected chi connectivity index (χ4v) is 3.26. The zero-order valence-corrected chi connectivity index (χ0v) is 15.2. The van der Waals surface area contributed by atoms with Crippen LogP contribution in [0.3, 0.4) is 0 Å². The molecule has 1 heterocycles. The average molecular weight is 408 g/mol. The number of benzene rings is 2. The first kappa shape index (κ1) is 17.0. The second-order valence-electron chi connectivity index (χ2n) is 5.63. The van der Waals surface area contributed by atoms with Gasteiger partial charge in [-0.1, -0.05) is 33.6 Å². The molecule has 0 spiro atoms. The fourth-order valence-electron chi connectivity index (χ4n) is 2.70. The van der Waals surface area contributed by atoms with Crippen LogP contribution in [-0.4, -0.2) is 18.4 Å². The van der Waals surface area contributed by atoms with E-state index in [2.05, 4.69) is 21.2 Å². The van der Waals surface area contributed by atoms with E-state index < -0.39 is 0 Å². The molecule has 0 radical (unpaired) electrons. The molecular formula is C18H16BrClN2O2. The Hall–Kier alpha value is -1.85. The molecule has 0 aliphatic carbocycles. The summed E-state index contributed by atoms with van der Waals surface area (Å²) in [4.78, 5) is 26.3. The van der Waals surface area contributed by atoms with Crippen molar-refractivity contribution in [3.05, 3.63) is 57.5 Å². The number of halogens is 2. The standard InChI is InChI=1S/C18H16BrClN2O2/c19-12-7-8-16(20)15(10-12)18(24)21-13-4-3-5-14(11-13)22-9-2-1-6-17(22)23/h3-5,7-8,10-11H,1-2,6,9H2,(H,21,24). The Morgan fingerprint density at radius 1 is 1.17 bits per heavy atom. The van der Waals surface area contributed by atoms with Gasteiger partial charge in [0.05, 0.1) is 10.6 Å². The number of hydrogen-bond acceptors (Lipinski definition) is 2. The third-order valence-electron chi connectivity index (χ3n) is 3.91. The summed E-state index contributed by atoms with van der Waals surface area (Å²) in [6, 6.07) is 12.4. The summed E-state index contributed by atoms with van der Waals surface area (Å²) in [6.45, 7) is 0.716. The summed E-state index contributed by atoms with van der Waals surface area (Å²) in [7, 11) is 0. The lowest BCUT2D eigenvalue weighted by Crippen LogP contribution is -2.35. The maximum Gasteiger partial charge on any atom is 0.257 e. The molecule has 1 fully saturated rings. The molecule has 1 N–H and O–H groups in total. The van der Waals surface area contributed by atoms with Crippen LogP contribution in [0.5, 0.6) is 0 Å². The van der Waals surface area contributed by atoms with E-state index in [1.54, 1.807) is 29.2 Å². The maximum atomic E-state index is 12.4. The monoisotopic (exact) mass is 406 g/mol. The molecule has 0 saturated carbocycles. The lowest BCUT2D eigenvalue weighted by Gasteiger charge is -2.27. The normalized spacial score (nSPS) is 14.6. The third-order valence-corrected chi connectivity index (χ3v) is 4.73. The molecule has 2 amide bonds. The minimum atomic E-state index is -0.288. The van der Waals surface area contributed by atoms with E-state index in [1.165, 1.54) is 0 Å². The minimum absolute atomic E-state index is 0.125. The molecule has 1 aliphatic heterocycles. The van der Waals surface area contributed by atoms with Crippen LogP contribution in [0.4, 0.5) is 11.4 Å². The Morgan fingerprint density at radius 3 is 2.79 bits per heavy atom. The van der Waals surface area contributed by atoms with E-state index in [9.17, 15) is 9.59 Å². The van der Waals surface area contributed by atoms with Crippen LogP contribution >= 0.6 is 27.5 Å². The number of hydrogen-bond donors (Lipinski definition) is 1. The van der Waals surface area contributed by atoms with Gasteiger partial charge in [0.1, 0.15) is 0 Å². The summed E-state index contributed by atoms with van der Waals surface area (Å²) in [5.41, 5.74) is 1.83. The van der Waals surface area contributed by atoms with Crippen LogP contribution in [0.25, 0.3) is 0 Å². The van der Waals surface area contributed by atoms with Crippen molar-refractivity contribution in [3.8, 4) is 0 Å². The van der Waals surface area contributed by atoms with Crippen LogP contribution in [0, 0.1) is 0 Å². The molecule has 2 aromatic carbocycles. The van der Waals surface area contributed by atoms with E-state index in [1.807, 2.05) is 18.2 Å². The van der Waals surface area contributed by atoms with Gasteiger partial charge in [-0.25, -0.2) is 0 Å². The van der Waals surface area contributed by atoms with Crippen molar-refractivity contribution in [2.45, 2.75) is 19.3 Å². The quantitative estimate of drug-likeness (QED) is 0.789. The minimum Gasteiger partial charge on any atom is -0.322 e. The molecule has 0 bridgehead atoms. The van der Waals surface area contributed by atoms with Crippen molar-refractivity contribution >= 4 is 50.7 Å². The van der Waals surface area contributed by atoms with E-state index in [0.29, 0.717) is 29.2 Å². The molecular weight excluding hydrogens is 392 g/mol. The van der Waals surface area contributed by atoms with Gasteiger partial charge in [0, 0.05) is 28.8 Å². The van der Waals surface area contributed by atoms with Gasteiger partial charge in [0.25, 0.3) is 5.91 Å². The first-order chi connectivity index (χ1) is 11.5. The van der Waals surface area contributed by atoms with Gasteiger partial charge >= 0.3 is 0 Å². The first-order valence-electron chi connectivity index (χ1n) is 7.71. The number of piperidine rings is 1. The van der Waals surface area contributed by atoms with Gasteiger partial charge in [-0.2, -0.15) is 0 Å². The zero-order valence-electron chi connectivity index (χ0n) is 12.9. The van der Waals surface area contributed by atoms with Crippen LogP contribution in [0.2, 0.25) is 5.02 Å². The summed E-state index contributed by atoms with van der Waals surface area (Å²) in [5.74, 6) is -0.164. The number of nitrogens with zero attached hydrogens (tertiary/aromatic N) is 1. The van der Waals surface area contributed by atoms with Crippen molar-refractivity contribution < 1.29 is 9.59 Å². The van der Waals surface area contributed by atoms with Crippen molar-refractivity contribution in [2.24, 2.45) is 0 Å². The number of carbonyl (C=O) groups excluding carboxylic acids is 2. The van der Waals surface area contributed by atoms with E-state index in [0.717, 1.165) is 23.0 Å². The van der Waals surface area contributed by atoms with Gasteiger partial charge in [0.15, 0.2) is 0 Å². The molecule has 0 atom stereocenters. The van der Waals surface area contributed by atoms with Gasteiger partial charge in [-0.05, 0) is 49.2 Å². The lowest BCUT2D eigenvalue weighted by molar-refractivity contribution is -0.119. The SMILES string of the molecule is O=C(Nc1cccc(N2CCCCC2=O)c1)c1cc(Br)ccc1Cl. The average Bonchev–Trinajstić information content (AvgIpc) is 2.57. The first-order valence-corrected chi connectivity index (χ1v) is 8.88. The highest BCUT2D eigenvalue weighted by Crippen LogP contribution is 2.26. The van der Waals surface area contributed by atoms with Gasteiger partial charge in [-0.3, -0.25) is 9.59 Å². The lowest BCUT2D eigenvalue weighted by atomic mass is 10.1. The molecule has 1 saturated heterocycles. The van der Waals surface area contributed by atoms with Crippen LogP contribution < -0.4 is 10.2 Å². The number of amides is 2. The van der Waals surface area contributed by atoms with E-state index in [4.69, 9.17) is 11.6 Å². The summed E-state index contributed by atoms with van der Waals surface area (Å²) < 4.78 is 0.782. The topological polar surface area (TPSA) is 49.4 Å². The predicted molar refractivity (Wildman–Crippen MR) is 99.8 cm³/mol. The fraction of sp³-hybridized carbons (Fsp3) is 0.222. The zero-order chi connectivity index (χ0) is 17.1. The van der Waals surface area contributed by atoms with Crippen molar-refractivity contribution in [1.29, 1.82) is 0 Å². The van der Waals surface area contributed by atoms with E-state index in [-0.39, 0.29) is 11.8 Å². The number of anilines is 2. The smallest absolute Gasteiger partial charge is 0.257 e. The Labute approximate surface area is 153 Å². The summed E-state index contributed by atoms with van der Waals surface area (Å²) >= 11 is 9.43. The molecule has 0 unspecified atom stereocenters.